The van der Waals surface area contributed by atoms with Gasteiger partial charge in [-0.05, 0) is 45.4 Å². The average molecular weight is 275 g/mol. The predicted molar refractivity (Wildman–Crippen MR) is 78.6 cm³/mol. The van der Waals surface area contributed by atoms with E-state index in [1.807, 2.05) is 6.92 Å². The Morgan fingerprint density at radius 1 is 1.20 bits per heavy atom. The van der Waals surface area contributed by atoms with E-state index < -0.39 is 0 Å². The van der Waals surface area contributed by atoms with E-state index in [1.54, 1.807) is 0 Å². The fourth-order valence-electron chi connectivity index (χ4n) is 3.61. The van der Waals surface area contributed by atoms with Crippen LogP contribution in [0.2, 0.25) is 0 Å². The molecule has 0 aromatic carbocycles. The van der Waals surface area contributed by atoms with Crippen LogP contribution in [0.5, 0.6) is 0 Å². The largest absolute Gasteiger partial charge is 0.352 e. The fraction of sp³-hybridized carbons (Fsp3) is 0.750. The molecule has 0 radical (unpaired) electrons. The number of fused-ring (bicyclic) bond motifs is 1. The SMILES string of the molecule is Cc1nc2c(n1CC(=O)NC1CCCCC1)CCCC2. The average Bonchev–Trinajstić information content (AvgIpc) is 2.76. The Morgan fingerprint density at radius 3 is 2.75 bits per heavy atom. The Bertz CT molecular complexity index is 486. The Labute approximate surface area is 121 Å². The number of nitrogens with one attached hydrogen (secondary N) is 1. The summed E-state index contributed by atoms with van der Waals surface area (Å²) in [7, 11) is 0. The molecule has 1 saturated carbocycles. The Morgan fingerprint density at radius 2 is 1.95 bits per heavy atom. The van der Waals surface area contributed by atoms with Gasteiger partial charge in [0.2, 0.25) is 5.91 Å². The van der Waals surface area contributed by atoms with Gasteiger partial charge in [0.1, 0.15) is 12.4 Å². The molecule has 1 aromatic rings. The van der Waals surface area contributed by atoms with Crippen molar-refractivity contribution in [3.8, 4) is 0 Å². The molecule has 0 bridgehead atoms. The van der Waals surface area contributed by atoms with Gasteiger partial charge in [-0.15, -0.1) is 0 Å². The monoisotopic (exact) mass is 275 g/mol. The van der Waals surface area contributed by atoms with Crippen LogP contribution in [0.3, 0.4) is 0 Å². The summed E-state index contributed by atoms with van der Waals surface area (Å²) in [6.07, 6.45) is 10.7. The number of carbonyl (C=O) groups excluding carboxylic acids is 1. The summed E-state index contributed by atoms with van der Waals surface area (Å²) in [4.78, 5) is 16.9. The molecule has 20 heavy (non-hydrogen) atoms. The van der Waals surface area contributed by atoms with Crippen molar-refractivity contribution in [2.45, 2.75) is 77.3 Å². The molecule has 4 heteroatoms. The molecule has 1 heterocycles. The highest BCUT2D eigenvalue weighted by Crippen LogP contribution is 2.22. The van der Waals surface area contributed by atoms with E-state index >= 15 is 0 Å². The van der Waals surface area contributed by atoms with Crippen LogP contribution in [0, 0.1) is 6.92 Å². The lowest BCUT2D eigenvalue weighted by molar-refractivity contribution is -0.122. The van der Waals surface area contributed by atoms with E-state index in [9.17, 15) is 4.79 Å². The highest BCUT2D eigenvalue weighted by molar-refractivity contribution is 5.76. The second-order valence-electron chi connectivity index (χ2n) is 6.25. The number of aryl methyl sites for hydroxylation is 2. The van der Waals surface area contributed by atoms with Gasteiger partial charge in [-0.3, -0.25) is 4.79 Å². The van der Waals surface area contributed by atoms with Gasteiger partial charge in [0.05, 0.1) is 5.69 Å². The number of hydrogen-bond donors (Lipinski definition) is 1. The molecule has 1 amide bonds. The van der Waals surface area contributed by atoms with Crippen LogP contribution in [0.15, 0.2) is 0 Å². The summed E-state index contributed by atoms with van der Waals surface area (Å²) in [5.41, 5.74) is 2.52. The summed E-state index contributed by atoms with van der Waals surface area (Å²) in [5.74, 6) is 1.15. The lowest BCUT2D eigenvalue weighted by atomic mass is 9.95. The molecule has 1 aromatic heterocycles. The number of imidazole rings is 1. The third-order valence-corrected chi connectivity index (χ3v) is 4.70. The van der Waals surface area contributed by atoms with E-state index in [-0.39, 0.29) is 5.91 Å². The summed E-state index contributed by atoms with van der Waals surface area (Å²) in [6, 6.07) is 0.399. The highest BCUT2D eigenvalue weighted by Gasteiger charge is 2.21. The molecule has 2 aliphatic rings. The van der Waals surface area contributed by atoms with Crippen LogP contribution in [0.1, 0.15) is 62.2 Å². The molecular weight excluding hydrogens is 250 g/mol. The number of carbonyl (C=O) groups is 1. The van der Waals surface area contributed by atoms with Crippen molar-refractivity contribution in [2.75, 3.05) is 0 Å². The first-order valence-electron chi connectivity index (χ1n) is 8.08. The van der Waals surface area contributed by atoms with Gasteiger partial charge in [-0.1, -0.05) is 19.3 Å². The zero-order chi connectivity index (χ0) is 13.9. The van der Waals surface area contributed by atoms with Crippen molar-refractivity contribution in [2.24, 2.45) is 0 Å². The van der Waals surface area contributed by atoms with Gasteiger partial charge in [0, 0.05) is 11.7 Å². The molecule has 0 atom stereocenters. The number of amides is 1. The summed E-state index contributed by atoms with van der Waals surface area (Å²) >= 11 is 0. The van der Waals surface area contributed by atoms with E-state index in [0.717, 1.165) is 31.5 Å². The van der Waals surface area contributed by atoms with E-state index in [0.29, 0.717) is 12.6 Å². The molecule has 0 spiro atoms. The van der Waals surface area contributed by atoms with Gasteiger partial charge >= 0.3 is 0 Å². The van der Waals surface area contributed by atoms with Crippen LogP contribution in [-0.4, -0.2) is 21.5 Å². The maximum Gasteiger partial charge on any atom is 0.240 e. The van der Waals surface area contributed by atoms with Crippen molar-refractivity contribution in [3.63, 3.8) is 0 Å². The van der Waals surface area contributed by atoms with Crippen molar-refractivity contribution >= 4 is 5.91 Å². The molecular formula is C16H25N3O. The van der Waals surface area contributed by atoms with Gasteiger partial charge in [0.15, 0.2) is 0 Å². The second-order valence-corrected chi connectivity index (χ2v) is 6.25. The van der Waals surface area contributed by atoms with Crippen LogP contribution in [-0.2, 0) is 24.2 Å². The molecule has 2 aliphatic carbocycles. The topological polar surface area (TPSA) is 46.9 Å². The molecule has 0 saturated heterocycles. The Hall–Kier alpha value is -1.32. The van der Waals surface area contributed by atoms with E-state index in [2.05, 4.69) is 14.9 Å². The van der Waals surface area contributed by atoms with Gasteiger partial charge in [-0.25, -0.2) is 4.98 Å². The molecule has 0 aliphatic heterocycles. The number of aromatic nitrogens is 2. The van der Waals surface area contributed by atoms with E-state index in [4.69, 9.17) is 0 Å². The number of nitrogens with zero attached hydrogens (tertiary/aromatic N) is 2. The Kier molecular flexibility index (Phi) is 4.08. The minimum absolute atomic E-state index is 0.158. The first-order valence-corrected chi connectivity index (χ1v) is 8.08. The third-order valence-electron chi connectivity index (χ3n) is 4.70. The smallest absolute Gasteiger partial charge is 0.240 e. The summed E-state index contributed by atoms with van der Waals surface area (Å²) < 4.78 is 2.13. The lowest BCUT2D eigenvalue weighted by Crippen LogP contribution is -2.38. The molecule has 0 unspecified atom stereocenters. The quantitative estimate of drug-likeness (QED) is 0.921. The maximum atomic E-state index is 12.3. The zero-order valence-electron chi connectivity index (χ0n) is 12.5. The van der Waals surface area contributed by atoms with Crippen LogP contribution in [0.25, 0.3) is 0 Å². The van der Waals surface area contributed by atoms with Crippen LogP contribution in [0.4, 0.5) is 0 Å². The zero-order valence-corrected chi connectivity index (χ0v) is 12.5. The molecule has 1 N–H and O–H groups in total. The summed E-state index contributed by atoms with van der Waals surface area (Å²) in [6.45, 7) is 2.47. The summed E-state index contributed by atoms with van der Waals surface area (Å²) in [5, 5.41) is 3.20. The molecule has 3 rings (SSSR count). The van der Waals surface area contributed by atoms with Gasteiger partial charge < -0.3 is 9.88 Å². The van der Waals surface area contributed by atoms with Crippen molar-refractivity contribution < 1.29 is 4.79 Å². The minimum atomic E-state index is 0.158. The predicted octanol–water partition coefficient (Wildman–Crippen LogP) is 2.52. The van der Waals surface area contributed by atoms with Crippen LogP contribution < -0.4 is 5.32 Å². The minimum Gasteiger partial charge on any atom is -0.352 e. The van der Waals surface area contributed by atoms with E-state index in [1.165, 1.54) is 43.5 Å². The van der Waals surface area contributed by atoms with Crippen molar-refractivity contribution in [1.82, 2.24) is 14.9 Å². The van der Waals surface area contributed by atoms with Crippen molar-refractivity contribution in [1.29, 1.82) is 0 Å². The third kappa shape index (κ3) is 2.89. The standard InChI is InChI=1S/C16H25N3O/c1-12-17-14-9-5-6-10-15(14)19(12)11-16(20)18-13-7-3-2-4-8-13/h13H,2-11H2,1H3,(H,18,20). The lowest BCUT2D eigenvalue weighted by Gasteiger charge is -2.23. The van der Waals surface area contributed by atoms with Crippen LogP contribution >= 0.6 is 0 Å². The fourth-order valence-corrected chi connectivity index (χ4v) is 3.61. The first-order chi connectivity index (χ1) is 9.74. The molecule has 4 nitrogen and oxygen atoms in total. The highest BCUT2D eigenvalue weighted by atomic mass is 16.2. The normalized spacial score (nSPS) is 19.6. The first kappa shape index (κ1) is 13.7. The molecule has 110 valence electrons. The maximum absolute atomic E-state index is 12.3. The second kappa shape index (κ2) is 5.98. The number of hydrogen-bond acceptors (Lipinski definition) is 2. The van der Waals surface area contributed by atoms with Crippen molar-refractivity contribution in [3.05, 3.63) is 17.2 Å². The van der Waals surface area contributed by atoms with Gasteiger partial charge in [0.25, 0.3) is 0 Å². The molecule has 1 fully saturated rings. The van der Waals surface area contributed by atoms with Gasteiger partial charge in [-0.2, -0.15) is 0 Å². The Balaban J connectivity index is 1.65. The number of rotatable bonds is 3.